The number of aromatic nitrogens is 2. The van der Waals surface area contributed by atoms with Crippen LogP contribution in [0, 0.1) is 25.7 Å². The monoisotopic (exact) mass is 448 g/mol. The van der Waals surface area contributed by atoms with Gasteiger partial charge in [0.1, 0.15) is 0 Å². The van der Waals surface area contributed by atoms with Crippen LogP contribution in [0.1, 0.15) is 77.7 Å². The number of rotatable bonds is 4. The molecule has 4 rings (SSSR count). The lowest BCUT2D eigenvalue weighted by atomic mass is 9.91. The normalized spacial score (nSPS) is 18.7. The standard InChI is InChI=1S/C26H32N4O3/c1-14(2)21-11-20(23-18(6)29-33-25(23)28-21)24(31)27-22-10-19(8-7-17(22)5)26(32)30-12-15(3)9-16(4)13-30/h7-8,10-11,14-16H,9,12-13H2,1-6H3,(H,27,31). The number of anilines is 1. The van der Waals surface area contributed by atoms with Gasteiger partial charge in [-0.1, -0.05) is 38.9 Å². The van der Waals surface area contributed by atoms with Crippen molar-refractivity contribution in [2.45, 2.75) is 53.9 Å². The molecule has 0 aliphatic carbocycles. The van der Waals surface area contributed by atoms with E-state index in [-0.39, 0.29) is 17.7 Å². The number of carbonyl (C=O) groups is 2. The molecule has 0 radical (unpaired) electrons. The molecule has 7 nitrogen and oxygen atoms in total. The molecular formula is C26H32N4O3. The van der Waals surface area contributed by atoms with Gasteiger partial charge in [-0.3, -0.25) is 9.59 Å². The summed E-state index contributed by atoms with van der Waals surface area (Å²) in [6.07, 6.45) is 1.14. The largest absolute Gasteiger partial charge is 0.338 e. The number of nitrogens with one attached hydrogen (secondary N) is 1. The Bertz CT molecular complexity index is 1200. The van der Waals surface area contributed by atoms with Crippen molar-refractivity contribution in [2.75, 3.05) is 18.4 Å². The molecule has 174 valence electrons. The summed E-state index contributed by atoms with van der Waals surface area (Å²) >= 11 is 0. The fourth-order valence-corrected chi connectivity index (χ4v) is 4.68. The fraction of sp³-hybridized carbons (Fsp3) is 0.462. The highest BCUT2D eigenvalue weighted by atomic mass is 16.5. The molecule has 7 heteroatoms. The molecule has 3 aromatic rings. The third kappa shape index (κ3) is 4.63. The van der Waals surface area contributed by atoms with Crippen LogP contribution in [-0.4, -0.2) is 39.9 Å². The highest BCUT2D eigenvalue weighted by Gasteiger charge is 2.27. The van der Waals surface area contributed by atoms with Gasteiger partial charge in [-0.15, -0.1) is 0 Å². The van der Waals surface area contributed by atoms with E-state index in [4.69, 9.17) is 4.52 Å². The summed E-state index contributed by atoms with van der Waals surface area (Å²) in [6.45, 7) is 13.6. The van der Waals surface area contributed by atoms with Gasteiger partial charge in [0.2, 0.25) is 0 Å². The maximum absolute atomic E-state index is 13.4. The second kappa shape index (κ2) is 8.96. The molecule has 1 aliphatic rings. The minimum absolute atomic E-state index is 0.00664. The number of piperidine rings is 1. The van der Waals surface area contributed by atoms with Crippen molar-refractivity contribution >= 4 is 28.6 Å². The van der Waals surface area contributed by atoms with E-state index >= 15 is 0 Å². The summed E-state index contributed by atoms with van der Waals surface area (Å²) in [7, 11) is 0. The van der Waals surface area contributed by atoms with Gasteiger partial charge in [0, 0.05) is 30.0 Å². The lowest BCUT2D eigenvalue weighted by Gasteiger charge is -2.35. The van der Waals surface area contributed by atoms with Gasteiger partial charge in [-0.2, -0.15) is 0 Å². The van der Waals surface area contributed by atoms with Crippen molar-refractivity contribution in [3.63, 3.8) is 0 Å². The van der Waals surface area contributed by atoms with Crippen molar-refractivity contribution in [3.8, 4) is 0 Å². The molecular weight excluding hydrogens is 416 g/mol. The molecule has 0 saturated carbocycles. The molecule has 33 heavy (non-hydrogen) atoms. The zero-order chi connectivity index (χ0) is 23.9. The first kappa shape index (κ1) is 23.0. The molecule has 3 heterocycles. The third-order valence-corrected chi connectivity index (χ3v) is 6.36. The summed E-state index contributed by atoms with van der Waals surface area (Å²) in [5.74, 6) is 0.829. The minimum Gasteiger partial charge on any atom is -0.338 e. The number of aryl methyl sites for hydroxylation is 2. The molecule has 1 aromatic carbocycles. The van der Waals surface area contributed by atoms with E-state index in [0.29, 0.717) is 45.4 Å². The lowest BCUT2D eigenvalue weighted by molar-refractivity contribution is 0.0623. The van der Waals surface area contributed by atoms with Gasteiger partial charge in [-0.05, 0) is 61.8 Å². The van der Waals surface area contributed by atoms with E-state index in [0.717, 1.165) is 30.8 Å². The van der Waals surface area contributed by atoms with Crippen molar-refractivity contribution in [3.05, 3.63) is 52.3 Å². The number of hydrogen-bond acceptors (Lipinski definition) is 5. The van der Waals surface area contributed by atoms with Gasteiger partial charge >= 0.3 is 0 Å². The van der Waals surface area contributed by atoms with Crippen LogP contribution in [0.2, 0.25) is 0 Å². The van der Waals surface area contributed by atoms with Gasteiger partial charge in [-0.25, -0.2) is 4.98 Å². The van der Waals surface area contributed by atoms with E-state index in [2.05, 4.69) is 29.3 Å². The topological polar surface area (TPSA) is 88.3 Å². The van der Waals surface area contributed by atoms with Crippen LogP contribution >= 0.6 is 0 Å². The Labute approximate surface area is 194 Å². The molecule has 0 bridgehead atoms. The highest BCUT2D eigenvalue weighted by molar-refractivity contribution is 6.13. The molecule has 1 aliphatic heterocycles. The van der Waals surface area contributed by atoms with Crippen LogP contribution in [0.3, 0.4) is 0 Å². The first-order valence-electron chi connectivity index (χ1n) is 11.6. The number of pyridine rings is 1. The number of hydrogen-bond donors (Lipinski definition) is 1. The lowest BCUT2D eigenvalue weighted by Crippen LogP contribution is -2.42. The van der Waals surface area contributed by atoms with Gasteiger partial charge in [0.25, 0.3) is 17.5 Å². The maximum Gasteiger partial charge on any atom is 0.259 e. The number of benzene rings is 1. The van der Waals surface area contributed by atoms with E-state index in [1.165, 1.54) is 0 Å². The number of amides is 2. The Hall–Kier alpha value is -3.22. The third-order valence-electron chi connectivity index (χ3n) is 6.36. The zero-order valence-corrected chi connectivity index (χ0v) is 20.2. The van der Waals surface area contributed by atoms with Crippen LogP contribution in [0.4, 0.5) is 5.69 Å². The van der Waals surface area contributed by atoms with E-state index in [9.17, 15) is 9.59 Å². The van der Waals surface area contributed by atoms with Crippen LogP contribution in [0.15, 0.2) is 28.8 Å². The average Bonchev–Trinajstić information content (AvgIpc) is 3.14. The van der Waals surface area contributed by atoms with Gasteiger partial charge in [0.05, 0.1) is 16.6 Å². The molecule has 2 aromatic heterocycles. The van der Waals surface area contributed by atoms with E-state index < -0.39 is 0 Å². The van der Waals surface area contributed by atoms with Crippen molar-refractivity contribution in [1.29, 1.82) is 0 Å². The van der Waals surface area contributed by atoms with Crippen molar-refractivity contribution in [1.82, 2.24) is 15.0 Å². The van der Waals surface area contributed by atoms with Crippen molar-refractivity contribution in [2.24, 2.45) is 11.8 Å². The van der Waals surface area contributed by atoms with Gasteiger partial charge in [0.15, 0.2) is 0 Å². The molecule has 1 saturated heterocycles. The molecule has 2 amide bonds. The van der Waals surface area contributed by atoms with Crippen LogP contribution in [0.25, 0.3) is 11.1 Å². The smallest absolute Gasteiger partial charge is 0.259 e. The Morgan fingerprint density at radius 3 is 2.48 bits per heavy atom. The van der Waals surface area contributed by atoms with Crippen LogP contribution in [0.5, 0.6) is 0 Å². The predicted molar refractivity (Wildman–Crippen MR) is 129 cm³/mol. The second-order valence-electron chi connectivity index (χ2n) is 9.84. The zero-order valence-electron chi connectivity index (χ0n) is 20.2. The average molecular weight is 449 g/mol. The number of fused-ring (bicyclic) bond motifs is 1. The van der Waals surface area contributed by atoms with E-state index in [1.54, 1.807) is 19.1 Å². The molecule has 1 N–H and O–H groups in total. The van der Waals surface area contributed by atoms with E-state index in [1.807, 2.05) is 37.8 Å². The quantitative estimate of drug-likeness (QED) is 0.582. The summed E-state index contributed by atoms with van der Waals surface area (Å²) in [5.41, 5.74) is 4.30. The van der Waals surface area contributed by atoms with Crippen molar-refractivity contribution < 1.29 is 14.1 Å². The van der Waals surface area contributed by atoms with Crippen LogP contribution in [-0.2, 0) is 0 Å². The van der Waals surface area contributed by atoms with Crippen LogP contribution < -0.4 is 5.32 Å². The minimum atomic E-state index is -0.275. The number of carbonyl (C=O) groups excluding carboxylic acids is 2. The Kier molecular flexibility index (Phi) is 6.23. The summed E-state index contributed by atoms with van der Waals surface area (Å²) in [4.78, 5) is 33.0. The fourth-order valence-electron chi connectivity index (χ4n) is 4.68. The maximum atomic E-state index is 13.4. The number of nitrogens with zero attached hydrogens (tertiary/aromatic N) is 3. The SMILES string of the molecule is Cc1ccc(C(=O)N2CC(C)CC(C)C2)cc1NC(=O)c1cc(C(C)C)nc2onc(C)c12. The summed E-state index contributed by atoms with van der Waals surface area (Å²) < 4.78 is 5.35. The first-order chi connectivity index (χ1) is 15.6. The first-order valence-corrected chi connectivity index (χ1v) is 11.6. The number of likely N-dealkylation sites (tertiary alicyclic amines) is 1. The molecule has 1 fully saturated rings. The molecule has 2 atom stereocenters. The predicted octanol–water partition coefficient (Wildman–Crippen LogP) is 5.33. The summed E-state index contributed by atoms with van der Waals surface area (Å²) in [5, 5.41) is 7.62. The Balaban J connectivity index is 1.64. The Morgan fingerprint density at radius 1 is 1.12 bits per heavy atom. The second-order valence-corrected chi connectivity index (χ2v) is 9.84. The molecule has 2 unspecified atom stereocenters. The Morgan fingerprint density at radius 2 is 1.82 bits per heavy atom. The summed E-state index contributed by atoms with van der Waals surface area (Å²) in [6, 6.07) is 7.30. The highest BCUT2D eigenvalue weighted by Crippen LogP contribution is 2.28. The molecule has 0 spiro atoms. The van der Waals surface area contributed by atoms with Gasteiger partial charge < -0.3 is 14.7 Å².